The molecule has 1 aromatic carbocycles. The summed E-state index contributed by atoms with van der Waals surface area (Å²) in [6, 6.07) is 7.13. The fourth-order valence-corrected chi connectivity index (χ4v) is 1.78. The number of carbonyl (C=O) groups is 1. The molecule has 0 aliphatic carbocycles. The van der Waals surface area contributed by atoms with Gasteiger partial charge in [-0.2, -0.15) is 0 Å². The smallest absolute Gasteiger partial charge is 0.254 e. The highest BCUT2D eigenvalue weighted by Crippen LogP contribution is 2.12. The average molecular weight is 260 g/mol. The first-order valence-electron chi connectivity index (χ1n) is 6.11. The minimum Gasteiger partial charge on any atom is -0.389 e. The lowest BCUT2D eigenvalue weighted by Gasteiger charge is -2.25. The van der Waals surface area contributed by atoms with Gasteiger partial charge in [0.1, 0.15) is 0 Å². The minimum atomic E-state index is -0.928. The first kappa shape index (κ1) is 15.2. The Morgan fingerprint density at radius 1 is 1.42 bits per heavy atom. The van der Waals surface area contributed by atoms with E-state index < -0.39 is 5.60 Å². The summed E-state index contributed by atoms with van der Waals surface area (Å²) in [5, 5.41) is 9.76. The second-order valence-corrected chi connectivity index (χ2v) is 5.03. The van der Waals surface area contributed by atoms with E-state index in [0.29, 0.717) is 11.1 Å². The van der Waals surface area contributed by atoms with Gasteiger partial charge < -0.3 is 15.7 Å². The SMILES string of the molecule is CN(CC(C)(C)O)C(=O)c1ccccc1C#CCN. The second kappa shape index (κ2) is 6.37. The predicted octanol–water partition coefficient (Wildman–Crippen LogP) is 0.840. The lowest BCUT2D eigenvalue weighted by molar-refractivity contribution is 0.0367. The summed E-state index contributed by atoms with van der Waals surface area (Å²) in [6.07, 6.45) is 0. The number of aliphatic hydroxyl groups is 1. The standard InChI is InChI=1S/C15H20N2O2/c1-15(2,19)11-17(3)14(18)13-9-5-4-7-12(13)8-6-10-16/h4-5,7,9,19H,10-11,16H2,1-3H3. The molecule has 0 aromatic heterocycles. The maximum atomic E-state index is 12.3. The largest absolute Gasteiger partial charge is 0.389 e. The van der Waals surface area contributed by atoms with Crippen molar-refractivity contribution in [2.75, 3.05) is 20.1 Å². The molecule has 19 heavy (non-hydrogen) atoms. The number of nitrogens with two attached hydrogens (primary N) is 1. The molecule has 3 N–H and O–H groups in total. The molecule has 0 saturated heterocycles. The van der Waals surface area contributed by atoms with Crippen LogP contribution in [0.4, 0.5) is 0 Å². The number of hydrogen-bond acceptors (Lipinski definition) is 3. The number of amides is 1. The first-order valence-corrected chi connectivity index (χ1v) is 6.11. The van der Waals surface area contributed by atoms with Crippen LogP contribution in [0.2, 0.25) is 0 Å². The minimum absolute atomic E-state index is 0.163. The van der Waals surface area contributed by atoms with Crippen LogP contribution >= 0.6 is 0 Å². The van der Waals surface area contributed by atoms with Gasteiger partial charge in [-0.05, 0) is 26.0 Å². The summed E-state index contributed by atoms with van der Waals surface area (Å²) in [5.74, 6) is 5.47. The van der Waals surface area contributed by atoms with Crippen molar-refractivity contribution in [2.24, 2.45) is 5.73 Å². The molecule has 0 unspecified atom stereocenters. The van der Waals surface area contributed by atoms with Gasteiger partial charge in [0.25, 0.3) is 5.91 Å². The van der Waals surface area contributed by atoms with E-state index in [1.54, 1.807) is 39.1 Å². The Labute approximate surface area is 114 Å². The lowest BCUT2D eigenvalue weighted by Crippen LogP contribution is -2.39. The molecule has 0 radical (unpaired) electrons. The Bertz CT molecular complexity index is 507. The van der Waals surface area contributed by atoms with Crippen LogP contribution in [0.1, 0.15) is 29.8 Å². The average Bonchev–Trinajstić information content (AvgIpc) is 2.33. The molecule has 1 amide bonds. The van der Waals surface area contributed by atoms with Crippen LogP contribution in [0.15, 0.2) is 24.3 Å². The van der Waals surface area contributed by atoms with E-state index >= 15 is 0 Å². The molecule has 0 aliphatic heterocycles. The molecular weight excluding hydrogens is 240 g/mol. The van der Waals surface area contributed by atoms with Gasteiger partial charge in [0.15, 0.2) is 0 Å². The number of hydrogen-bond donors (Lipinski definition) is 2. The molecule has 0 saturated carbocycles. The van der Waals surface area contributed by atoms with Gasteiger partial charge in [-0.3, -0.25) is 4.79 Å². The molecule has 102 valence electrons. The Morgan fingerprint density at radius 2 is 2.05 bits per heavy atom. The van der Waals surface area contributed by atoms with Crippen LogP contribution < -0.4 is 5.73 Å². The number of rotatable bonds is 3. The summed E-state index contributed by atoms with van der Waals surface area (Å²) in [4.78, 5) is 13.8. The summed E-state index contributed by atoms with van der Waals surface area (Å²) in [6.45, 7) is 3.83. The molecular formula is C15H20N2O2. The molecule has 0 fully saturated rings. The highest BCUT2D eigenvalue weighted by atomic mass is 16.3. The van der Waals surface area contributed by atoms with Gasteiger partial charge in [-0.25, -0.2) is 0 Å². The molecule has 4 heteroatoms. The molecule has 0 aliphatic rings. The maximum absolute atomic E-state index is 12.3. The van der Waals surface area contributed by atoms with E-state index in [-0.39, 0.29) is 19.0 Å². The molecule has 0 spiro atoms. The third kappa shape index (κ3) is 4.74. The van der Waals surface area contributed by atoms with Gasteiger partial charge in [-0.1, -0.05) is 24.0 Å². The van der Waals surface area contributed by atoms with E-state index in [1.165, 1.54) is 4.90 Å². The third-order valence-corrected chi connectivity index (χ3v) is 2.45. The third-order valence-electron chi connectivity index (χ3n) is 2.45. The van der Waals surface area contributed by atoms with E-state index in [1.807, 2.05) is 6.07 Å². The monoisotopic (exact) mass is 260 g/mol. The Kier molecular flexibility index (Phi) is 5.11. The number of likely N-dealkylation sites (N-methyl/N-ethyl adjacent to an activating group) is 1. The zero-order valence-corrected chi connectivity index (χ0v) is 11.6. The van der Waals surface area contributed by atoms with Crippen LogP contribution in [0.5, 0.6) is 0 Å². The van der Waals surface area contributed by atoms with Gasteiger partial charge in [0, 0.05) is 19.2 Å². The van der Waals surface area contributed by atoms with Crippen LogP contribution in [0.3, 0.4) is 0 Å². The number of carbonyl (C=O) groups excluding carboxylic acids is 1. The van der Waals surface area contributed by atoms with Crippen LogP contribution in [0.25, 0.3) is 0 Å². The maximum Gasteiger partial charge on any atom is 0.254 e. The quantitative estimate of drug-likeness (QED) is 0.791. The van der Waals surface area contributed by atoms with E-state index in [9.17, 15) is 9.90 Å². The van der Waals surface area contributed by atoms with Gasteiger partial charge in [0.2, 0.25) is 0 Å². The highest BCUT2D eigenvalue weighted by molar-refractivity contribution is 5.96. The summed E-state index contributed by atoms with van der Waals surface area (Å²) in [7, 11) is 1.66. The van der Waals surface area contributed by atoms with E-state index in [4.69, 9.17) is 5.73 Å². The van der Waals surface area contributed by atoms with Crippen LogP contribution in [-0.2, 0) is 0 Å². The fraction of sp³-hybridized carbons (Fsp3) is 0.400. The van der Waals surface area contributed by atoms with Crippen molar-refractivity contribution in [1.29, 1.82) is 0 Å². The molecule has 0 atom stereocenters. The van der Waals surface area contributed by atoms with Gasteiger partial charge in [0.05, 0.1) is 17.7 Å². The van der Waals surface area contributed by atoms with Crippen molar-refractivity contribution in [3.63, 3.8) is 0 Å². The van der Waals surface area contributed by atoms with Crippen molar-refractivity contribution < 1.29 is 9.90 Å². The Morgan fingerprint density at radius 3 is 2.63 bits per heavy atom. The van der Waals surface area contributed by atoms with E-state index in [2.05, 4.69) is 11.8 Å². The first-order chi connectivity index (χ1) is 8.85. The normalized spacial score (nSPS) is 10.6. The number of nitrogens with zero attached hydrogens (tertiary/aromatic N) is 1. The summed E-state index contributed by atoms with van der Waals surface area (Å²) < 4.78 is 0. The summed E-state index contributed by atoms with van der Waals surface area (Å²) >= 11 is 0. The van der Waals surface area contributed by atoms with Crippen LogP contribution in [-0.4, -0.2) is 41.7 Å². The highest BCUT2D eigenvalue weighted by Gasteiger charge is 2.21. The van der Waals surface area contributed by atoms with E-state index in [0.717, 1.165) is 0 Å². The Hall–Kier alpha value is -1.83. The summed E-state index contributed by atoms with van der Waals surface area (Å²) in [5.41, 5.74) is 5.59. The van der Waals surface area contributed by atoms with Crippen molar-refractivity contribution in [2.45, 2.75) is 19.4 Å². The zero-order chi connectivity index (χ0) is 14.5. The topological polar surface area (TPSA) is 66.6 Å². The lowest BCUT2D eigenvalue weighted by atomic mass is 10.1. The second-order valence-electron chi connectivity index (χ2n) is 5.03. The molecule has 1 rings (SSSR count). The van der Waals surface area contributed by atoms with Gasteiger partial charge in [-0.15, -0.1) is 0 Å². The predicted molar refractivity (Wildman–Crippen MR) is 75.6 cm³/mol. The van der Waals surface area contributed by atoms with Crippen molar-refractivity contribution in [3.05, 3.63) is 35.4 Å². The molecule has 1 aromatic rings. The molecule has 4 nitrogen and oxygen atoms in total. The van der Waals surface area contributed by atoms with Gasteiger partial charge >= 0.3 is 0 Å². The van der Waals surface area contributed by atoms with Crippen molar-refractivity contribution in [3.8, 4) is 11.8 Å². The van der Waals surface area contributed by atoms with Crippen molar-refractivity contribution in [1.82, 2.24) is 4.90 Å². The van der Waals surface area contributed by atoms with Crippen LogP contribution in [0, 0.1) is 11.8 Å². The van der Waals surface area contributed by atoms with Crippen molar-refractivity contribution >= 4 is 5.91 Å². The zero-order valence-electron chi connectivity index (χ0n) is 11.6. The number of benzene rings is 1. The molecule has 0 heterocycles. The molecule has 0 bridgehead atoms. The Balaban J connectivity index is 2.99. The fourth-order valence-electron chi connectivity index (χ4n) is 1.78.